The van der Waals surface area contributed by atoms with Crippen LogP contribution < -0.4 is 5.32 Å². The molecule has 2 aromatic carbocycles. The van der Waals surface area contributed by atoms with Gasteiger partial charge in [-0.1, -0.05) is 24.3 Å². The molecule has 4 aromatic rings. The predicted octanol–water partition coefficient (Wildman–Crippen LogP) is 3.77. The number of phenols is 1. The number of carbonyl (C=O) groups is 2. The van der Waals surface area contributed by atoms with Crippen molar-refractivity contribution < 1.29 is 23.5 Å². The summed E-state index contributed by atoms with van der Waals surface area (Å²) in [4.78, 5) is 29.8. The maximum absolute atomic E-state index is 13.8. The van der Waals surface area contributed by atoms with E-state index in [0.717, 1.165) is 4.80 Å². The first-order valence-corrected chi connectivity index (χ1v) is 12.0. The fourth-order valence-corrected chi connectivity index (χ4v) is 3.85. The summed E-state index contributed by atoms with van der Waals surface area (Å²) in [6.07, 6.45) is 0. The van der Waals surface area contributed by atoms with E-state index in [1.807, 2.05) is 20.8 Å². The van der Waals surface area contributed by atoms with Gasteiger partial charge in [0.05, 0.1) is 0 Å². The van der Waals surface area contributed by atoms with Crippen LogP contribution in [-0.4, -0.2) is 47.6 Å². The highest BCUT2D eigenvalue weighted by molar-refractivity contribution is 5.89. The van der Waals surface area contributed by atoms with Crippen molar-refractivity contribution in [2.75, 3.05) is 0 Å². The standard InChI is InChI=1S/C27H29FN6O4/c1-17-5-14-22(38-17)25-30-32-34(31-25)16-23(36)33(15-18-6-10-20(28)11-7-18)24(26(37)29-27(2,3)4)19-8-12-21(35)13-9-19/h5-14,24,35H,15-16H2,1-4H3,(H,29,37)/t24-/m1/s1. The van der Waals surface area contributed by atoms with Gasteiger partial charge in [-0.3, -0.25) is 9.59 Å². The molecule has 4 rings (SSSR count). The van der Waals surface area contributed by atoms with Crippen LogP contribution in [0.1, 0.15) is 43.7 Å². The molecule has 0 saturated carbocycles. The van der Waals surface area contributed by atoms with Crippen molar-refractivity contribution in [1.82, 2.24) is 30.4 Å². The molecule has 38 heavy (non-hydrogen) atoms. The van der Waals surface area contributed by atoms with Crippen LogP contribution in [0.4, 0.5) is 4.39 Å². The smallest absolute Gasteiger partial charge is 0.247 e. The van der Waals surface area contributed by atoms with Gasteiger partial charge < -0.3 is 19.7 Å². The van der Waals surface area contributed by atoms with Crippen LogP contribution in [-0.2, 0) is 22.7 Å². The molecule has 0 aliphatic carbocycles. The number of rotatable bonds is 8. The molecule has 1 atom stereocenters. The van der Waals surface area contributed by atoms with Crippen LogP contribution in [0.5, 0.6) is 5.75 Å². The number of aryl methyl sites for hydroxylation is 1. The van der Waals surface area contributed by atoms with Gasteiger partial charge in [0.2, 0.25) is 17.6 Å². The molecule has 10 nitrogen and oxygen atoms in total. The zero-order chi connectivity index (χ0) is 27.4. The number of nitrogens with one attached hydrogen (secondary N) is 1. The zero-order valence-corrected chi connectivity index (χ0v) is 21.6. The third kappa shape index (κ3) is 6.61. The van der Waals surface area contributed by atoms with Crippen LogP contribution >= 0.6 is 0 Å². The van der Waals surface area contributed by atoms with E-state index in [1.165, 1.54) is 29.2 Å². The van der Waals surface area contributed by atoms with Gasteiger partial charge in [-0.05, 0) is 80.4 Å². The minimum atomic E-state index is -1.07. The lowest BCUT2D eigenvalue weighted by atomic mass is 10.0. The first-order valence-electron chi connectivity index (χ1n) is 12.0. The van der Waals surface area contributed by atoms with Crippen LogP contribution in [0.15, 0.2) is 65.1 Å². The Bertz CT molecular complexity index is 1410. The zero-order valence-electron chi connectivity index (χ0n) is 21.6. The Morgan fingerprint density at radius 3 is 2.37 bits per heavy atom. The lowest BCUT2D eigenvalue weighted by Gasteiger charge is -2.33. The first-order chi connectivity index (χ1) is 18.0. The van der Waals surface area contributed by atoms with E-state index in [2.05, 4.69) is 20.7 Å². The second-order valence-corrected chi connectivity index (χ2v) is 9.94. The van der Waals surface area contributed by atoms with Gasteiger partial charge in [0.25, 0.3) is 0 Å². The number of nitrogens with zero attached hydrogens (tertiary/aromatic N) is 5. The summed E-state index contributed by atoms with van der Waals surface area (Å²) in [5, 5.41) is 24.9. The summed E-state index contributed by atoms with van der Waals surface area (Å²) >= 11 is 0. The fourth-order valence-electron chi connectivity index (χ4n) is 3.85. The molecule has 2 aromatic heterocycles. The molecule has 0 unspecified atom stereocenters. The van der Waals surface area contributed by atoms with Crippen LogP contribution in [0.25, 0.3) is 11.6 Å². The Morgan fingerprint density at radius 2 is 1.76 bits per heavy atom. The minimum absolute atomic E-state index is 0.00114. The van der Waals surface area contributed by atoms with Gasteiger partial charge in [0.1, 0.15) is 29.9 Å². The molecular formula is C27H29FN6O4. The molecule has 2 N–H and O–H groups in total. The number of furan rings is 1. The maximum Gasteiger partial charge on any atom is 0.247 e. The van der Waals surface area contributed by atoms with Gasteiger partial charge >= 0.3 is 0 Å². The van der Waals surface area contributed by atoms with Crippen LogP contribution in [0.2, 0.25) is 0 Å². The Kier molecular flexibility index (Phi) is 7.56. The molecule has 0 saturated heterocycles. The van der Waals surface area contributed by atoms with Crippen molar-refractivity contribution in [3.05, 3.63) is 83.4 Å². The Hall–Kier alpha value is -4.54. The Balaban J connectivity index is 1.70. The second kappa shape index (κ2) is 10.8. The molecule has 11 heteroatoms. The summed E-state index contributed by atoms with van der Waals surface area (Å²) in [6.45, 7) is 6.98. The molecule has 0 radical (unpaired) electrons. The quantitative estimate of drug-likeness (QED) is 0.362. The van der Waals surface area contributed by atoms with Crippen molar-refractivity contribution in [1.29, 1.82) is 0 Å². The topological polar surface area (TPSA) is 126 Å². The van der Waals surface area contributed by atoms with Crippen molar-refractivity contribution in [3.63, 3.8) is 0 Å². The number of phenolic OH excluding ortho intramolecular Hbond substituents is 1. The maximum atomic E-state index is 13.8. The van der Waals surface area contributed by atoms with E-state index in [-0.39, 0.29) is 24.7 Å². The van der Waals surface area contributed by atoms with E-state index in [9.17, 15) is 19.1 Å². The van der Waals surface area contributed by atoms with Gasteiger partial charge in [-0.15, -0.1) is 10.2 Å². The number of hydrogen-bond donors (Lipinski definition) is 2. The highest BCUT2D eigenvalue weighted by Gasteiger charge is 2.34. The number of aromatic nitrogens is 4. The number of benzene rings is 2. The average molecular weight is 521 g/mol. The Labute approximate surface area is 219 Å². The van der Waals surface area contributed by atoms with E-state index < -0.39 is 29.2 Å². The number of amides is 2. The molecule has 198 valence electrons. The molecule has 0 bridgehead atoms. The fraction of sp³-hybridized carbons (Fsp3) is 0.296. The SMILES string of the molecule is Cc1ccc(-c2nnn(CC(=O)N(Cc3ccc(F)cc3)[C@@H](C(=O)NC(C)(C)C)c3ccc(O)cc3)n2)o1. The third-order valence-electron chi connectivity index (χ3n) is 5.54. The Morgan fingerprint density at radius 1 is 1.08 bits per heavy atom. The average Bonchev–Trinajstić information content (AvgIpc) is 3.49. The summed E-state index contributed by atoms with van der Waals surface area (Å²) in [7, 11) is 0. The van der Waals surface area contributed by atoms with Crippen molar-refractivity contribution >= 4 is 11.8 Å². The third-order valence-corrected chi connectivity index (χ3v) is 5.54. The first kappa shape index (κ1) is 26.5. The molecule has 0 fully saturated rings. The highest BCUT2D eigenvalue weighted by Crippen LogP contribution is 2.27. The second-order valence-electron chi connectivity index (χ2n) is 9.94. The molecule has 2 heterocycles. The molecular weight excluding hydrogens is 491 g/mol. The summed E-state index contributed by atoms with van der Waals surface area (Å²) < 4.78 is 19.1. The van der Waals surface area contributed by atoms with Gasteiger partial charge in [0.15, 0.2) is 5.76 Å². The number of tetrazole rings is 1. The van der Waals surface area contributed by atoms with E-state index in [1.54, 1.807) is 43.3 Å². The van der Waals surface area contributed by atoms with Crippen molar-refractivity contribution in [2.24, 2.45) is 0 Å². The van der Waals surface area contributed by atoms with E-state index in [0.29, 0.717) is 22.6 Å². The normalized spacial score (nSPS) is 12.2. The summed E-state index contributed by atoms with van der Waals surface area (Å²) in [5.41, 5.74) is 0.518. The largest absolute Gasteiger partial charge is 0.508 e. The van der Waals surface area contributed by atoms with Crippen molar-refractivity contribution in [3.8, 4) is 17.3 Å². The number of hydrogen-bond acceptors (Lipinski definition) is 7. The summed E-state index contributed by atoms with van der Waals surface area (Å²) in [5.74, 6) is 0.0206. The monoisotopic (exact) mass is 520 g/mol. The number of carbonyl (C=O) groups excluding carboxylic acids is 2. The van der Waals surface area contributed by atoms with Crippen molar-refractivity contribution in [2.45, 2.75) is 52.4 Å². The number of halogens is 1. The predicted molar refractivity (Wildman–Crippen MR) is 136 cm³/mol. The molecule has 0 aliphatic heterocycles. The van der Waals surface area contributed by atoms with Gasteiger partial charge in [0, 0.05) is 12.1 Å². The molecule has 0 aliphatic rings. The minimum Gasteiger partial charge on any atom is -0.508 e. The van der Waals surface area contributed by atoms with Gasteiger partial charge in [-0.2, -0.15) is 4.80 Å². The lowest BCUT2D eigenvalue weighted by Crippen LogP contribution is -2.49. The van der Waals surface area contributed by atoms with E-state index in [4.69, 9.17) is 4.42 Å². The van der Waals surface area contributed by atoms with Crippen LogP contribution in [0.3, 0.4) is 0 Å². The number of aromatic hydroxyl groups is 1. The lowest BCUT2D eigenvalue weighted by molar-refractivity contribution is -0.143. The molecule has 0 spiro atoms. The van der Waals surface area contributed by atoms with Gasteiger partial charge in [-0.25, -0.2) is 4.39 Å². The summed E-state index contributed by atoms with van der Waals surface area (Å²) in [6, 6.07) is 14.1. The van der Waals surface area contributed by atoms with Crippen LogP contribution in [0, 0.1) is 12.7 Å². The molecule has 2 amide bonds. The van der Waals surface area contributed by atoms with E-state index >= 15 is 0 Å². The highest BCUT2D eigenvalue weighted by atomic mass is 19.1.